The highest BCUT2D eigenvalue weighted by molar-refractivity contribution is 5.95. The summed E-state index contributed by atoms with van der Waals surface area (Å²) in [7, 11) is 3.24. The van der Waals surface area contributed by atoms with E-state index < -0.39 is 83.8 Å². The van der Waals surface area contributed by atoms with Crippen molar-refractivity contribution in [1.29, 1.82) is 0 Å². The lowest BCUT2D eigenvalue weighted by molar-refractivity contribution is -0.140. The van der Waals surface area contributed by atoms with E-state index in [4.69, 9.17) is 5.73 Å². The first-order valence-corrected chi connectivity index (χ1v) is 18.1. The van der Waals surface area contributed by atoms with Gasteiger partial charge in [-0.25, -0.2) is 8.78 Å². The Labute approximate surface area is 320 Å². The second-order valence-corrected chi connectivity index (χ2v) is 14.4. The molecule has 55 heavy (non-hydrogen) atoms. The number of aliphatic hydroxyl groups is 1. The van der Waals surface area contributed by atoms with Crippen molar-refractivity contribution in [1.82, 2.24) is 36.1 Å². The third-order valence-electron chi connectivity index (χ3n) is 9.06. The van der Waals surface area contributed by atoms with Crippen LogP contribution in [0.25, 0.3) is 11.1 Å². The van der Waals surface area contributed by atoms with Crippen LogP contribution in [0.2, 0.25) is 0 Å². The molecule has 0 aliphatic heterocycles. The van der Waals surface area contributed by atoms with Gasteiger partial charge < -0.3 is 46.9 Å². The number of nitrogens with zero attached hydrogens (tertiary/aromatic N) is 2. The molecule has 300 valence electrons. The van der Waals surface area contributed by atoms with E-state index in [0.717, 1.165) is 23.8 Å². The largest absolute Gasteiger partial charge is 0.387 e. The summed E-state index contributed by atoms with van der Waals surface area (Å²) in [6, 6.07) is 10.0. The summed E-state index contributed by atoms with van der Waals surface area (Å²) in [6.45, 7) is 7.03. The lowest BCUT2D eigenvalue weighted by Crippen LogP contribution is -2.57. The van der Waals surface area contributed by atoms with Gasteiger partial charge in [0.1, 0.15) is 30.3 Å². The number of rotatable bonds is 20. The Bertz CT molecular complexity index is 1780. The Morgan fingerprint density at radius 1 is 0.909 bits per heavy atom. The van der Waals surface area contributed by atoms with Crippen molar-refractivity contribution in [2.75, 3.05) is 40.3 Å². The van der Waals surface area contributed by atoms with E-state index in [-0.39, 0.29) is 25.1 Å². The Hall–Kier alpha value is -5.19. The van der Waals surface area contributed by atoms with Crippen molar-refractivity contribution < 1.29 is 37.9 Å². The number of carbonyl (C=O) groups is 5. The highest BCUT2D eigenvalue weighted by Crippen LogP contribution is 2.41. The monoisotopic (exact) mass is 768 g/mol. The van der Waals surface area contributed by atoms with Crippen molar-refractivity contribution in [3.63, 3.8) is 0 Å². The van der Waals surface area contributed by atoms with Crippen molar-refractivity contribution in [2.45, 2.75) is 71.2 Å². The number of hydrogen-bond acceptors (Lipinski definition) is 8. The van der Waals surface area contributed by atoms with Gasteiger partial charge in [-0.2, -0.15) is 0 Å². The molecule has 14 nitrogen and oxygen atoms in total. The predicted molar refractivity (Wildman–Crippen MR) is 204 cm³/mol. The van der Waals surface area contributed by atoms with Gasteiger partial charge >= 0.3 is 0 Å². The third-order valence-corrected chi connectivity index (χ3v) is 9.06. The van der Waals surface area contributed by atoms with E-state index in [2.05, 4.69) is 26.6 Å². The van der Waals surface area contributed by atoms with Gasteiger partial charge in [-0.3, -0.25) is 24.0 Å². The second-order valence-electron chi connectivity index (χ2n) is 14.4. The molecular weight excluding hydrogens is 714 g/mol. The van der Waals surface area contributed by atoms with Gasteiger partial charge in [0.05, 0.1) is 18.5 Å². The Kier molecular flexibility index (Phi) is 16.5. The second kappa shape index (κ2) is 20.5. The Morgan fingerprint density at radius 2 is 1.58 bits per heavy atom. The maximum absolute atomic E-state index is 15.2. The summed E-state index contributed by atoms with van der Waals surface area (Å²) in [4.78, 5) is 66.9. The van der Waals surface area contributed by atoms with E-state index in [9.17, 15) is 33.5 Å². The van der Waals surface area contributed by atoms with Crippen LogP contribution < -0.4 is 32.3 Å². The fraction of sp³-hybridized carbons (Fsp3) is 0.462. The molecule has 2 aromatic carbocycles. The first-order chi connectivity index (χ1) is 26.0. The summed E-state index contributed by atoms with van der Waals surface area (Å²) in [5.41, 5.74) is 6.46. The zero-order valence-electron chi connectivity index (χ0n) is 32.2. The average Bonchev–Trinajstić information content (AvgIpc) is 3.54. The number of nitrogens with one attached hydrogen (secondary N) is 5. The molecule has 0 saturated carbocycles. The minimum Gasteiger partial charge on any atom is -0.387 e. The quantitative estimate of drug-likeness (QED) is 0.0841. The number of aromatic nitrogens is 1. The fourth-order valence-corrected chi connectivity index (χ4v) is 6.18. The molecule has 16 heteroatoms. The molecule has 0 radical (unpaired) electrons. The minimum absolute atomic E-state index is 0.0171. The molecular formula is C39H54F2N8O6. The fourth-order valence-electron chi connectivity index (χ4n) is 6.18. The van der Waals surface area contributed by atoms with Crippen LogP contribution >= 0.6 is 0 Å². The lowest BCUT2D eigenvalue weighted by atomic mass is 9.82. The normalized spacial score (nSPS) is 13.6. The van der Waals surface area contributed by atoms with Crippen LogP contribution in [0, 0.1) is 17.0 Å². The summed E-state index contributed by atoms with van der Waals surface area (Å²) in [6.07, 6.45) is 0.973. The SMILES string of the molecule is CNCCNC(=O)[C@H](CCN(C(=O)CO)[C@@H](c1cc(-c2cc(F)ccc2F)cn1Cc1ccccc1)C(C)(C)C)NC(=O)[C@H](CC(N)=O)NC(=O)[C@H](C)NC. The van der Waals surface area contributed by atoms with Crippen LogP contribution in [0.5, 0.6) is 0 Å². The standard InChI is InChI=1S/C39H54F2N8O6/c1-24(44-6)36(53)47-31(20-33(42)51)38(55)46-30(37(54)45-16-15-43-5)14-17-49(34(52)23-50)35(39(2,3)4)32-18-26(28-19-27(40)12-13-29(28)41)22-48(32)21-25-10-8-7-9-11-25/h7-13,18-19,22,24,30-31,35,43-44,50H,14-17,20-21,23H2,1-6H3,(H2,42,51)(H,45,54)(H,46,55)(H,47,53)/t24-,30-,31-,35-/m0/s1. The maximum atomic E-state index is 15.2. The van der Waals surface area contributed by atoms with Crippen molar-refractivity contribution in [2.24, 2.45) is 11.1 Å². The molecule has 0 aliphatic carbocycles. The molecule has 0 fully saturated rings. The van der Waals surface area contributed by atoms with Crippen molar-refractivity contribution >= 4 is 29.5 Å². The van der Waals surface area contributed by atoms with Gasteiger partial charge in [-0.1, -0.05) is 51.1 Å². The van der Waals surface area contributed by atoms with Crippen LogP contribution in [0.3, 0.4) is 0 Å². The van der Waals surface area contributed by atoms with Crippen LogP contribution in [0.15, 0.2) is 60.8 Å². The molecule has 3 rings (SSSR count). The number of hydrogen-bond donors (Lipinski definition) is 7. The molecule has 0 spiro atoms. The maximum Gasteiger partial charge on any atom is 0.248 e. The lowest BCUT2D eigenvalue weighted by Gasteiger charge is -2.41. The van der Waals surface area contributed by atoms with Gasteiger partial charge in [0.15, 0.2) is 0 Å². The van der Waals surface area contributed by atoms with E-state index in [1.54, 1.807) is 33.3 Å². The summed E-state index contributed by atoms with van der Waals surface area (Å²) in [5.74, 6) is -4.86. The summed E-state index contributed by atoms with van der Waals surface area (Å²) < 4.78 is 31.4. The predicted octanol–water partition coefficient (Wildman–Crippen LogP) is 1.57. The van der Waals surface area contributed by atoms with E-state index in [1.165, 1.54) is 4.90 Å². The molecule has 4 atom stereocenters. The molecule has 0 unspecified atom stereocenters. The van der Waals surface area contributed by atoms with Gasteiger partial charge in [0.25, 0.3) is 0 Å². The topological polar surface area (TPSA) is 200 Å². The molecule has 0 saturated heterocycles. The van der Waals surface area contributed by atoms with E-state index >= 15 is 4.39 Å². The minimum atomic E-state index is -1.41. The Morgan fingerprint density at radius 3 is 2.18 bits per heavy atom. The highest BCUT2D eigenvalue weighted by atomic mass is 19.1. The van der Waals surface area contributed by atoms with Gasteiger partial charge in [-0.05, 0) is 62.7 Å². The Balaban J connectivity index is 2.10. The van der Waals surface area contributed by atoms with Gasteiger partial charge in [-0.15, -0.1) is 0 Å². The molecule has 1 heterocycles. The highest BCUT2D eigenvalue weighted by Gasteiger charge is 2.38. The number of amides is 5. The first kappa shape index (κ1) is 44.2. The number of primary amides is 1. The number of likely N-dealkylation sites (N-methyl/N-ethyl adjacent to an activating group) is 2. The summed E-state index contributed by atoms with van der Waals surface area (Å²) in [5, 5.41) is 23.8. The zero-order valence-corrected chi connectivity index (χ0v) is 32.2. The number of aliphatic hydroxyl groups excluding tert-OH is 1. The number of halogens is 2. The number of carbonyl (C=O) groups excluding carboxylic acids is 5. The van der Waals surface area contributed by atoms with Crippen molar-refractivity contribution in [3.05, 3.63) is 83.7 Å². The van der Waals surface area contributed by atoms with Crippen LogP contribution in [0.4, 0.5) is 8.78 Å². The van der Waals surface area contributed by atoms with Crippen LogP contribution in [0.1, 0.15) is 57.8 Å². The average molecular weight is 769 g/mol. The zero-order chi connectivity index (χ0) is 40.9. The van der Waals surface area contributed by atoms with Gasteiger partial charge in [0.2, 0.25) is 29.5 Å². The van der Waals surface area contributed by atoms with Crippen LogP contribution in [-0.4, -0.2) is 103 Å². The molecule has 0 bridgehead atoms. The summed E-state index contributed by atoms with van der Waals surface area (Å²) >= 11 is 0. The molecule has 8 N–H and O–H groups in total. The molecule has 1 aromatic heterocycles. The molecule has 3 aromatic rings. The number of nitrogens with two attached hydrogens (primary N) is 1. The number of benzene rings is 2. The smallest absolute Gasteiger partial charge is 0.248 e. The van der Waals surface area contributed by atoms with Crippen molar-refractivity contribution in [3.8, 4) is 11.1 Å². The molecule has 5 amide bonds. The van der Waals surface area contributed by atoms with E-state index in [0.29, 0.717) is 24.3 Å². The van der Waals surface area contributed by atoms with Crippen LogP contribution in [-0.2, 0) is 30.5 Å². The first-order valence-electron chi connectivity index (χ1n) is 18.1. The molecule has 0 aliphatic rings. The van der Waals surface area contributed by atoms with Gasteiger partial charge in [0, 0.05) is 49.2 Å². The van der Waals surface area contributed by atoms with E-state index in [1.807, 2.05) is 55.7 Å². The third kappa shape index (κ3) is 12.7.